The number of carboxylic acid groups (broad SMARTS) is 1. The second-order valence-electron chi connectivity index (χ2n) is 4.36. The van der Waals surface area contributed by atoms with Crippen LogP contribution in [-0.4, -0.2) is 11.1 Å². The highest BCUT2D eigenvalue weighted by Crippen LogP contribution is 2.24. The van der Waals surface area contributed by atoms with Crippen LogP contribution in [-0.2, 0) is 11.2 Å². The van der Waals surface area contributed by atoms with E-state index < -0.39 is 11.4 Å². The Bertz CT molecular complexity index is 459. The molecule has 1 unspecified atom stereocenters. The summed E-state index contributed by atoms with van der Waals surface area (Å²) in [5.74, 6) is -1.07. The molecule has 0 aliphatic heterocycles. The molecule has 0 heterocycles. The molecule has 0 saturated heterocycles. The van der Waals surface area contributed by atoms with Crippen molar-refractivity contribution in [2.24, 2.45) is 5.41 Å². The van der Waals surface area contributed by atoms with E-state index in [0.29, 0.717) is 0 Å². The number of aliphatic carboxylic acids is 1. The first-order valence-electron chi connectivity index (χ1n) is 5.10. The lowest BCUT2D eigenvalue weighted by molar-refractivity contribution is -0.144. The number of hydrogen-bond acceptors (Lipinski definition) is 2. The fourth-order valence-electron chi connectivity index (χ4n) is 1.53. The summed E-state index contributed by atoms with van der Waals surface area (Å²) < 4.78 is 0. The Labute approximate surface area is 95.3 Å². The van der Waals surface area contributed by atoms with E-state index in [0.717, 1.165) is 16.7 Å². The van der Waals surface area contributed by atoms with Crippen LogP contribution >= 0.6 is 0 Å². The van der Waals surface area contributed by atoms with Crippen LogP contribution in [0, 0.1) is 30.6 Å². The minimum Gasteiger partial charge on any atom is -0.480 e. The van der Waals surface area contributed by atoms with Gasteiger partial charge < -0.3 is 5.11 Å². The molecule has 1 aromatic rings. The standard InChI is InChI=1S/C13H15NO2/c1-9-4-5-10(2)11(6-9)7-13(3,8-14)12(15)16/h4-6H,7H2,1-3H3,(H,15,16). The minimum absolute atomic E-state index is 0.242. The summed E-state index contributed by atoms with van der Waals surface area (Å²) in [6.45, 7) is 5.33. The van der Waals surface area contributed by atoms with Gasteiger partial charge in [-0.3, -0.25) is 4.79 Å². The van der Waals surface area contributed by atoms with Gasteiger partial charge in [-0.15, -0.1) is 0 Å². The third kappa shape index (κ3) is 2.40. The Morgan fingerprint density at radius 1 is 1.50 bits per heavy atom. The zero-order valence-corrected chi connectivity index (χ0v) is 9.74. The van der Waals surface area contributed by atoms with Crippen molar-refractivity contribution in [2.75, 3.05) is 0 Å². The first-order valence-corrected chi connectivity index (χ1v) is 5.10. The van der Waals surface area contributed by atoms with Gasteiger partial charge >= 0.3 is 5.97 Å². The molecule has 16 heavy (non-hydrogen) atoms. The predicted octanol–water partition coefficient (Wildman–Crippen LogP) is 2.46. The molecule has 0 radical (unpaired) electrons. The third-order valence-corrected chi connectivity index (χ3v) is 2.77. The van der Waals surface area contributed by atoms with Crippen molar-refractivity contribution in [3.8, 4) is 6.07 Å². The normalized spacial score (nSPS) is 13.9. The van der Waals surface area contributed by atoms with E-state index in [-0.39, 0.29) is 6.42 Å². The third-order valence-electron chi connectivity index (χ3n) is 2.77. The van der Waals surface area contributed by atoms with E-state index in [4.69, 9.17) is 10.4 Å². The second-order valence-corrected chi connectivity index (χ2v) is 4.36. The van der Waals surface area contributed by atoms with Crippen molar-refractivity contribution < 1.29 is 9.90 Å². The lowest BCUT2D eigenvalue weighted by Crippen LogP contribution is -2.28. The fourth-order valence-corrected chi connectivity index (χ4v) is 1.53. The summed E-state index contributed by atoms with van der Waals surface area (Å²) >= 11 is 0. The van der Waals surface area contributed by atoms with Crippen LogP contribution in [0.5, 0.6) is 0 Å². The van der Waals surface area contributed by atoms with E-state index >= 15 is 0 Å². The maximum atomic E-state index is 11.0. The van der Waals surface area contributed by atoms with Crippen molar-refractivity contribution in [1.82, 2.24) is 0 Å². The zero-order chi connectivity index (χ0) is 12.3. The lowest BCUT2D eigenvalue weighted by atomic mass is 9.83. The van der Waals surface area contributed by atoms with Gasteiger partial charge in [-0.25, -0.2) is 0 Å². The molecule has 0 fully saturated rings. The van der Waals surface area contributed by atoms with E-state index in [2.05, 4.69) is 0 Å². The summed E-state index contributed by atoms with van der Waals surface area (Å²) in [4.78, 5) is 11.0. The number of rotatable bonds is 3. The molecule has 1 atom stereocenters. The van der Waals surface area contributed by atoms with Crippen LogP contribution in [0.2, 0.25) is 0 Å². The highest BCUT2D eigenvalue weighted by Gasteiger charge is 2.33. The van der Waals surface area contributed by atoms with Gasteiger partial charge in [0.2, 0.25) is 0 Å². The molecule has 84 valence electrons. The van der Waals surface area contributed by atoms with Gasteiger partial charge in [0, 0.05) is 6.42 Å². The molecule has 0 amide bonds. The van der Waals surface area contributed by atoms with Crippen LogP contribution in [0.25, 0.3) is 0 Å². The molecular weight excluding hydrogens is 202 g/mol. The SMILES string of the molecule is Cc1ccc(C)c(CC(C)(C#N)C(=O)O)c1. The van der Waals surface area contributed by atoms with Gasteiger partial charge in [0.1, 0.15) is 0 Å². The van der Waals surface area contributed by atoms with Gasteiger partial charge in [0.05, 0.1) is 6.07 Å². The van der Waals surface area contributed by atoms with Gasteiger partial charge in [-0.05, 0) is 31.9 Å². The predicted molar refractivity (Wildman–Crippen MR) is 61.0 cm³/mol. The Morgan fingerprint density at radius 3 is 2.62 bits per heavy atom. The van der Waals surface area contributed by atoms with Gasteiger partial charge in [-0.1, -0.05) is 23.8 Å². The van der Waals surface area contributed by atoms with E-state index in [1.807, 2.05) is 38.1 Å². The summed E-state index contributed by atoms with van der Waals surface area (Å²) in [6, 6.07) is 7.74. The second kappa shape index (κ2) is 4.36. The van der Waals surface area contributed by atoms with Gasteiger partial charge in [0.25, 0.3) is 0 Å². The van der Waals surface area contributed by atoms with Crippen LogP contribution in [0.15, 0.2) is 18.2 Å². The number of aryl methyl sites for hydroxylation is 2. The maximum absolute atomic E-state index is 11.0. The van der Waals surface area contributed by atoms with Crippen molar-refractivity contribution in [3.05, 3.63) is 34.9 Å². The molecule has 1 N–H and O–H groups in total. The average Bonchev–Trinajstić information content (AvgIpc) is 2.23. The topological polar surface area (TPSA) is 61.1 Å². The first-order chi connectivity index (χ1) is 7.39. The van der Waals surface area contributed by atoms with Crippen molar-refractivity contribution in [2.45, 2.75) is 27.2 Å². The molecule has 1 aromatic carbocycles. The Balaban J connectivity index is 3.09. The smallest absolute Gasteiger partial charge is 0.324 e. The van der Waals surface area contributed by atoms with E-state index in [1.54, 1.807) is 0 Å². The number of carboxylic acids is 1. The first kappa shape index (κ1) is 12.3. The Morgan fingerprint density at radius 2 is 2.12 bits per heavy atom. The molecule has 0 aliphatic carbocycles. The van der Waals surface area contributed by atoms with Gasteiger partial charge in [-0.2, -0.15) is 5.26 Å². The zero-order valence-electron chi connectivity index (χ0n) is 9.74. The van der Waals surface area contributed by atoms with Crippen LogP contribution in [0.3, 0.4) is 0 Å². The summed E-state index contributed by atoms with van der Waals surface area (Å²) in [5.41, 5.74) is 1.67. The van der Waals surface area contributed by atoms with E-state index in [9.17, 15) is 4.79 Å². The van der Waals surface area contributed by atoms with Crippen LogP contribution in [0.1, 0.15) is 23.6 Å². The summed E-state index contributed by atoms with van der Waals surface area (Å²) in [7, 11) is 0. The minimum atomic E-state index is -1.35. The van der Waals surface area contributed by atoms with Crippen LogP contribution < -0.4 is 0 Å². The highest BCUT2D eigenvalue weighted by atomic mass is 16.4. The van der Waals surface area contributed by atoms with Crippen molar-refractivity contribution in [3.63, 3.8) is 0 Å². The van der Waals surface area contributed by atoms with E-state index in [1.165, 1.54) is 6.92 Å². The quantitative estimate of drug-likeness (QED) is 0.846. The van der Waals surface area contributed by atoms with Crippen LogP contribution in [0.4, 0.5) is 0 Å². The van der Waals surface area contributed by atoms with Crippen molar-refractivity contribution >= 4 is 5.97 Å². The summed E-state index contributed by atoms with van der Waals surface area (Å²) in [5, 5.41) is 18.0. The summed E-state index contributed by atoms with van der Waals surface area (Å²) in [6.07, 6.45) is 0.242. The number of nitrogens with zero attached hydrogens (tertiary/aromatic N) is 1. The largest absolute Gasteiger partial charge is 0.480 e. The number of carbonyl (C=O) groups is 1. The number of benzene rings is 1. The van der Waals surface area contributed by atoms with Gasteiger partial charge in [0.15, 0.2) is 5.41 Å². The Hall–Kier alpha value is -1.82. The average molecular weight is 217 g/mol. The Kier molecular flexibility index (Phi) is 3.34. The molecule has 3 nitrogen and oxygen atoms in total. The molecule has 0 bridgehead atoms. The molecule has 3 heteroatoms. The molecule has 0 spiro atoms. The number of hydrogen-bond donors (Lipinski definition) is 1. The molecule has 0 aromatic heterocycles. The number of nitriles is 1. The molecule has 0 aliphatic rings. The lowest BCUT2D eigenvalue weighted by Gasteiger charge is -2.17. The molecule has 1 rings (SSSR count). The van der Waals surface area contributed by atoms with Crippen molar-refractivity contribution in [1.29, 1.82) is 5.26 Å². The fraction of sp³-hybridized carbons (Fsp3) is 0.385. The maximum Gasteiger partial charge on any atom is 0.324 e. The monoisotopic (exact) mass is 217 g/mol. The highest BCUT2D eigenvalue weighted by molar-refractivity contribution is 5.78. The molecular formula is C13H15NO2. The molecule has 0 saturated carbocycles.